The number of nitrogens with zero attached hydrogens (tertiary/aromatic N) is 3. The summed E-state index contributed by atoms with van der Waals surface area (Å²) in [4.78, 5) is 25.7. The SMILES string of the molecule is CO[C@H]1CC[C@H](NC(=O)c2ccnc(-c3cncs3)n2)CC1. The fraction of sp³-hybridized carbons (Fsp3) is 0.467. The van der Waals surface area contributed by atoms with Crippen LogP contribution in [0.4, 0.5) is 0 Å². The van der Waals surface area contributed by atoms with Gasteiger partial charge in [-0.1, -0.05) is 0 Å². The summed E-state index contributed by atoms with van der Waals surface area (Å²) >= 11 is 1.45. The molecule has 22 heavy (non-hydrogen) atoms. The van der Waals surface area contributed by atoms with Gasteiger partial charge in [-0.2, -0.15) is 0 Å². The molecule has 1 fully saturated rings. The Balaban J connectivity index is 1.64. The van der Waals surface area contributed by atoms with E-state index in [9.17, 15) is 4.79 Å². The summed E-state index contributed by atoms with van der Waals surface area (Å²) in [6.07, 6.45) is 7.49. The highest BCUT2D eigenvalue weighted by molar-refractivity contribution is 7.13. The fourth-order valence-corrected chi connectivity index (χ4v) is 3.19. The maximum Gasteiger partial charge on any atom is 0.270 e. The van der Waals surface area contributed by atoms with Gasteiger partial charge >= 0.3 is 0 Å². The molecule has 0 aliphatic heterocycles. The van der Waals surface area contributed by atoms with E-state index in [-0.39, 0.29) is 11.9 Å². The summed E-state index contributed by atoms with van der Waals surface area (Å²) < 4.78 is 5.35. The van der Waals surface area contributed by atoms with Gasteiger partial charge in [0.1, 0.15) is 5.69 Å². The molecule has 0 aromatic carbocycles. The molecule has 1 aliphatic rings. The van der Waals surface area contributed by atoms with Gasteiger partial charge in [-0.25, -0.2) is 9.97 Å². The molecule has 6 nitrogen and oxygen atoms in total. The highest BCUT2D eigenvalue weighted by atomic mass is 32.1. The van der Waals surface area contributed by atoms with Crippen molar-refractivity contribution < 1.29 is 9.53 Å². The first-order valence-electron chi connectivity index (χ1n) is 7.32. The molecule has 2 aromatic heterocycles. The summed E-state index contributed by atoms with van der Waals surface area (Å²) in [6.45, 7) is 0. The normalized spacial score (nSPS) is 21.5. The van der Waals surface area contributed by atoms with Crippen molar-refractivity contribution >= 4 is 17.2 Å². The zero-order chi connectivity index (χ0) is 15.4. The van der Waals surface area contributed by atoms with Crippen LogP contribution in [-0.2, 0) is 4.74 Å². The van der Waals surface area contributed by atoms with Gasteiger partial charge in [-0.15, -0.1) is 11.3 Å². The third kappa shape index (κ3) is 3.48. The largest absolute Gasteiger partial charge is 0.381 e. The van der Waals surface area contributed by atoms with Crippen LogP contribution >= 0.6 is 11.3 Å². The zero-order valence-corrected chi connectivity index (χ0v) is 13.2. The lowest BCUT2D eigenvalue weighted by atomic mass is 9.93. The number of carbonyl (C=O) groups is 1. The second kappa shape index (κ2) is 6.93. The molecule has 0 spiro atoms. The molecule has 0 bridgehead atoms. The van der Waals surface area contributed by atoms with Crippen molar-refractivity contribution in [2.45, 2.75) is 37.8 Å². The van der Waals surface area contributed by atoms with E-state index in [1.54, 1.807) is 31.1 Å². The van der Waals surface area contributed by atoms with Crippen LogP contribution in [0.25, 0.3) is 10.7 Å². The lowest BCUT2D eigenvalue weighted by Gasteiger charge is -2.28. The summed E-state index contributed by atoms with van der Waals surface area (Å²) in [5, 5.41) is 3.06. The summed E-state index contributed by atoms with van der Waals surface area (Å²) in [5.41, 5.74) is 2.12. The van der Waals surface area contributed by atoms with Crippen molar-refractivity contribution in [3.8, 4) is 10.7 Å². The third-order valence-electron chi connectivity index (χ3n) is 3.88. The van der Waals surface area contributed by atoms with E-state index in [0.29, 0.717) is 17.6 Å². The van der Waals surface area contributed by atoms with Crippen LogP contribution in [0.15, 0.2) is 24.0 Å². The minimum atomic E-state index is -0.144. The molecule has 0 atom stereocenters. The minimum Gasteiger partial charge on any atom is -0.381 e. The average molecular weight is 318 g/mol. The van der Waals surface area contributed by atoms with Gasteiger partial charge in [0.25, 0.3) is 5.91 Å². The van der Waals surface area contributed by atoms with Gasteiger partial charge in [-0.05, 0) is 31.7 Å². The van der Waals surface area contributed by atoms with Crippen LogP contribution in [0.2, 0.25) is 0 Å². The maximum atomic E-state index is 12.3. The summed E-state index contributed by atoms with van der Waals surface area (Å²) in [5.74, 6) is 0.396. The van der Waals surface area contributed by atoms with Crippen LogP contribution in [0, 0.1) is 0 Å². The topological polar surface area (TPSA) is 77.0 Å². The lowest BCUT2D eigenvalue weighted by molar-refractivity contribution is 0.0598. The predicted octanol–water partition coefficient (Wildman–Crippen LogP) is 2.29. The number of hydrogen-bond donors (Lipinski definition) is 1. The Bertz CT molecular complexity index is 624. The number of ether oxygens (including phenoxy) is 1. The Morgan fingerprint density at radius 2 is 2.18 bits per heavy atom. The van der Waals surface area contributed by atoms with Crippen LogP contribution in [0.1, 0.15) is 36.2 Å². The number of amides is 1. The number of nitrogens with one attached hydrogen (secondary N) is 1. The molecule has 7 heteroatoms. The van der Waals surface area contributed by atoms with E-state index in [1.165, 1.54) is 11.3 Å². The number of methoxy groups -OCH3 is 1. The standard InChI is InChI=1S/C15H18N4O2S/c1-21-11-4-2-10(3-5-11)18-15(20)12-6-7-17-14(19-12)13-8-16-9-22-13/h6-11H,2-5H2,1H3,(H,18,20)/t10-,11-. The van der Waals surface area contributed by atoms with Crippen LogP contribution in [0.5, 0.6) is 0 Å². The highest BCUT2D eigenvalue weighted by Crippen LogP contribution is 2.21. The smallest absolute Gasteiger partial charge is 0.270 e. The molecule has 2 heterocycles. The fourth-order valence-electron chi connectivity index (χ4n) is 2.63. The Morgan fingerprint density at radius 3 is 2.86 bits per heavy atom. The quantitative estimate of drug-likeness (QED) is 0.936. The molecule has 1 saturated carbocycles. The first kappa shape index (κ1) is 15.1. The second-order valence-corrected chi connectivity index (χ2v) is 6.20. The summed E-state index contributed by atoms with van der Waals surface area (Å²) in [6, 6.07) is 1.83. The van der Waals surface area contributed by atoms with Gasteiger partial charge in [0.05, 0.1) is 16.5 Å². The number of aromatic nitrogens is 3. The van der Waals surface area contributed by atoms with Crippen molar-refractivity contribution in [3.63, 3.8) is 0 Å². The Morgan fingerprint density at radius 1 is 1.36 bits per heavy atom. The number of thiazole rings is 1. The van der Waals surface area contributed by atoms with Crippen LogP contribution in [0.3, 0.4) is 0 Å². The van der Waals surface area contributed by atoms with E-state index in [1.807, 2.05) is 0 Å². The second-order valence-electron chi connectivity index (χ2n) is 5.31. The van der Waals surface area contributed by atoms with Crippen LogP contribution < -0.4 is 5.32 Å². The van der Waals surface area contributed by atoms with Gasteiger partial charge in [0.15, 0.2) is 5.82 Å². The Kier molecular flexibility index (Phi) is 4.74. The van der Waals surface area contributed by atoms with E-state index in [0.717, 1.165) is 30.6 Å². The molecule has 3 rings (SSSR count). The third-order valence-corrected chi connectivity index (χ3v) is 4.65. The molecule has 0 radical (unpaired) electrons. The lowest BCUT2D eigenvalue weighted by Crippen LogP contribution is -2.39. The molecule has 0 saturated heterocycles. The maximum absolute atomic E-state index is 12.3. The van der Waals surface area contributed by atoms with Crippen molar-refractivity contribution in [1.82, 2.24) is 20.3 Å². The van der Waals surface area contributed by atoms with E-state index >= 15 is 0 Å². The van der Waals surface area contributed by atoms with Crippen molar-refractivity contribution in [1.29, 1.82) is 0 Å². The van der Waals surface area contributed by atoms with Crippen molar-refractivity contribution in [3.05, 3.63) is 29.7 Å². The molecule has 1 amide bonds. The molecule has 0 unspecified atom stereocenters. The monoisotopic (exact) mass is 318 g/mol. The first-order valence-corrected chi connectivity index (χ1v) is 8.20. The van der Waals surface area contributed by atoms with Gasteiger partial charge in [-0.3, -0.25) is 9.78 Å². The van der Waals surface area contributed by atoms with Crippen LogP contribution in [-0.4, -0.2) is 40.1 Å². The number of hydrogen-bond acceptors (Lipinski definition) is 6. The van der Waals surface area contributed by atoms with Crippen molar-refractivity contribution in [2.24, 2.45) is 0 Å². The number of carbonyl (C=O) groups excluding carboxylic acids is 1. The predicted molar refractivity (Wildman–Crippen MR) is 83.7 cm³/mol. The molecule has 1 N–H and O–H groups in total. The first-order chi connectivity index (χ1) is 10.8. The Hall–Kier alpha value is -1.86. The van der Waals surface area contributed by atoms with E-state index in [2.05, 4.69) is 20.3 Å². The molecular weight excluding hydrogens is 300 g/mol. The number of rotatable bonds is 4. The molecule has 116 valence electrons. The van der Waals surface area contributed by atoms with Gasteiger partial charge in [0, 0.05) is 25.5 Å². The van der Waals surface area contributed by atoms with Crippen molar-refractivity contribution in [2.75, 3.05) is 7.11 Å². The molecule has 1 aliphatic carbocycles. The van der Waals surface area contributed by atoms with Gasteiger partial charge < -0.3 is 10.1 Å². The van der Waals surface area contributed by atoms with E-state index < -0.39 is 0 Å². The Labute approximate surface area is 133 Å². The minimum absolute atomic E-state index is 0.144. The average Bonchev–Trinajstić information content (AvgIpc) is 3.10. The molecule has 2 aromatic rings. The molecular formula is C15H18N4O2S. The van der Waals surface area contributed by atoms with Gasteiger partial charge in [0.2, 0.25) is 0 Å². The highest BCUT2D eigenvalue weighted by Gasteiger charge is 2.23. The van der Waals surface area contributed by atoms with E-state index in [4.69, 9.17) is 4.74 Å². The summed E-state index contributed by atoms with van der Waals surface area (Å²) in [7, 11) is 1.74. The zero-order valence-electron chi connectivity index (χ0n) is 12.4.